The van der Waals surface area contributed by atoms with Crippen molar-refractivity contribution in [2.45, 2.75) is 105 Å². The number of hydrogen-bond acceptors (Lipinski definition) is 1. The molecular weight excluding hydrogens is 1110 g/mol. The van der Waals surface area contributed by atoms with Gasteiger partial charge < -0.3 is 14.0 Å². The summed E-state index contributed by atoms with van der Waals surface area (Å²) in [6.07, 6.45) is 0. The van der Waals surface area contributed by atoms with Gasteiger partial charge in [0.2, 0.25) is 0 Å². The standard InChI is InChI=1S/C88H78BN3/c1-85(2,3)61-36-42-78-73(52-61)74-53-62(86(4,5)6)37-43-79(74)90(78)65-38-41-76-82(54-65)92-77-34-24-23-33-71(77)69-31-21-19-29-67(69)68-30-20-22-32-70(68)72-39-44-80-83(84(72)92)89(76)75-40-35-57(60-46-63(87(7,8)9)51-64(47-60)88(10,11)12)50-81(75)91(80)66-48-58(55-25-15-13-16-26-55)45-59(49-66)56-27-17-14-18-28-56/h13-54H,1-12H3. The maximum atomic E-state index is 2.68. The molecule has 0 saturated carbocycles. The first-order chi connectivity index (χ1) is 44.2. The zero-order chi connectivity index (χ0) is 63.3. The molecule has 4 heterocycles. The van der Waals surface area contributed by atoms with Crippen LogP contribution in [0.1, 0.15) is 105 Å². The van der Waals surface area contributed by atoms with Gasteiger partial charge in [-0.25, -0.2) is 0 Å². The predicted octanol–water partition coefficient (Wildman–Crippen LogP) is 22.1. The first kappa shape index (κ1) is 57.3. The van der Waals surface area contributed by atoms with E-state index in [4.69, 9.17) is 0 Å². The topological polar surface area (TPSA) is 13.1 Å². The highest BCUT2D eigenvalue weighted by molar-refractivity contribution is 7.00. The van der Waals surface area contributed by atoms with E-state index in [1.165, 1.54) is 149 Å². The molecule has 2 aromatic heterocycles. The van der Waals surface area contributed by atoms with Gasteiger partial charge >= 0.3 is 0 Å². The van der Waals surface area contributed by atoms with Crippen LogP contribution in [0.5, 0.6) is 0 Å². The average molecular weight is 1190 g/mol. The van der Waals surface area contributed by atoms with Crippen molar-refractivity contribution in [3.63, 3.8) is 0 Å². The van der Waals surface area contributed by atoms with E-state index in [2.05, 4.69) is 352 Å². The Bertz CT molecular complexity index is 5280. The minimum atomic E-state index is -0.165. The third-order valence-electron chi connectivity index (χ3n) is 20.1. The van der Waals surface area contributed by atoms with Gasteiger partial charge in [-0.2, -0.15) is 0 Å². The molecule has 0 saturated heterocycles. The predicted molar refractivity (Wildman–Crippen MR) is 398 cm³/mol. The molecule has 0 atom stereocenters. The molecule has 0 unspecified atom stereocenters. The van der Waals surface area contributed by atoms with Gasteiger partial charge in [-0.3, -0.25) is 0 Å². The quantitative estimate of drug-likeness (QED) is 0.157. The Hall–Kier alpha value is -9.90. The van der Waals surface area contributed by atoms with Crippen molar-refractivity contribution >= 4 is 105 Å². The zero-order valence-electron chi connectivity index (χ0n) is 55.2. The van der Waals surface area contributed by atoms with Crippen molar-refractivity contribution < 1.29 is 0 Å². The van der Waals surface area contributed by atoms with Crippen LogP contribution in [0.2, 0.25) is 0 Å². The van der Waals surface area contributed by atoms with E-state index in [1.54, 1.807) is 0 Å². The van der Waals surface area contributed by atoms with Crippen molar-refractivity contribution in [3.8, 4) is 44.8 Å². The van der Waals surface area contributed by atoms with E-state index in [0.29, 0.717) is 0 Å². The van der Waals surface area contributed by atoms with Crippen molar-refractivity contribution in [1.82, 2.24) is 9.13 Å². The Morgan fingerprint density at radius 3 is 1.25 bits per heavy atom. The monoisotopic (exact) mass is 1190 g/mol. The number of benzene rings is 12. The van der Waals surface area contributed by atoms with Crippen LogP contribution < -0.4 is 21.3 Å². The van der Waals surface area contributed by atoms with E-state index in [0.717, 1.165) is 16.9 Å². The molecule has 0 amide bonds. The summed E-state index contributed by atoms with van der Waals surface area (Å²) in [5.74, 6) is 0. The summed E-state index contributed by atoms with van der Waals surface area (Å²) in [7, 11) is 0. The van der Waals surface area contributed by atoms with Gasteiger partial charge in [0.25, 0.3) is 6.71 Å². The SMILES string of the molecule is CC(C)(C)c1cc(-c2ccc3c(c2)N(c2cc(-c4ccccc4)cc(-c4ccccc4)c2)c2ccc4c5ccccc5c5ccccc5c5ccccc5n5c4c2B3c2ccc(-n3c4ccc(C(C)(C)C)cc4c4cc(C(C)(C)C)ccc43)cc2-5)cc(C(C)(C)C)c1. The van der Waals surface area contributed by atoms with Crippen LogP contribution in [-0.4, -0.2) is 15.8 Å². The minimum absolute atomic E-state index is 0.0256. The van der Waals surface area contributed by atoms with Crippen LogP contribution in [0.4, 0.5) is 17.1 Å². The minimum Gasteiger partial charge on any atom is -0.311 e. The maximum Gasteiger partial charge on any atom is 0.252 e. The van der Waals surface area contributed by atoms with Gasteiger partial charge in [-0.05, 0) is 188 Å². The van der Waals surface area contributed by atoms with E-state index in [9.17, 15) is 0 Å². The van der Waals surface area contributed by atoms with E-state index in [1.807, 2.05) is 0 Å². The molecule has 3 nitrogen and oxygen atoms in total. The second kappa shape index (κ2) is 20.8. The summed E-state index contributed by atoms with van der Waals surface area (Å²) in [5, 5.41) is 9.80. The van der Waals surface area contributed by atoms with Crippen LogP contribution in [0.3, 0.4) is 0 Å². The van der Waals surface area contributed by atoms with Crippen molar-refractivity contribution in [1.29, 1.82) is 0 Å². The van der Waals surface area contributed by atoms with Crippen LogP contribution in [0.15, 0.2) is 255 Å². The molecule has 448 valence electrons. The zero-order valence-corrected chi connectivity index (χ0v) is 55.2. The molecule has 0 bridgehead atoms. The molecule has 0 N–H and O–H groups in total. The molecule has 16 rings (SSSR count). The molecule has 0 spiro atoms. The highest BCUT2D eigenvalue weighted by Crippen LogP contribution is 2.47. The van der Waals surface area contributed by atoms with Gasteiger partial charge in [0.1, 0.15) is 0 Å². The molecular formula is C88H78BN3. The molecule has 0 aliphatic carbocycles. The summed E-state index contributed by atoms with van der Waals surface area (Å²) < 4.78 is 5.23. The lowest BCUT2D eigenvalue weighted by atomic mass is 9.33. The second-order valence-corrected chi connectivity index (χ2v) is 30.2. The number of rotatable bonds is 5. The van der Waals surface area contributed by atoms with Crippen LogP contribution in [0, 0.1) is 0 Å². The Morgan fingerprint density at radius 1 is 0.250 bits per heavy atom. The third kappa shape index (κ3) is 9.30. The molecule has 2 aliphatic rings. The third-order valence-corrected chi connectivity index (χ3v) is 20.1. The number of aromatic nitrogens is 2. The molecule has 92 heavy (non-hydrogen) atoms. The first-order valence-electron chi connectivity index (χ1n) is 33.0. The van der Waals surface area contributed by atoms with Gasteiger partial charge in [0, 0.05) is 50.0 Å². The lowest BCUT2D eigenvalue weighted by Crippen LogP contribution is -2.60. The number of para-hydroxylation sites is 1. The summed E-state index contributed by atoms with van der Waals surface area (Å²) >= 11 is 0. The number of hydrogen-bond donors (Lipinski definition) is 0. The molecule has 12 aromatic carbocycles. The van der Waals surface area contributed by atoms with Gasteiger partial charge in [-0.15, -0.1) is 0 Å². The van der Waals surface area contributed by atoms with Crippen LogP contribution >= 0.6 is 0 Å². The first-order valence-corrected chi connectivity index (χ1v) is 33.0. The van der Waals surface area contributed by atoms with E-state index < -0.39 is 0 Å². The summed E-state index contributed by atoms with van der Waals surface area (Å²) in [4.78, 5) is 2.63. The van der Waals surface area contributed by atoms with Crippen LogP contribution in [-0.2, 0) is 21.7 Å². The van der Waals surface area contributed by atoms with Crippen molar-refractivity contribution in [2.24, 2.45) is 0 Å². The lowest BCUT2D eigenvalue weighted by Gasteiger charge is -2.41. The molecule has 14 aromatic rings. The smallest absolute Gasteiger partial charge is 0.252 e. The average Bonchev–Trinajstić information content (AvgIpc) is 0.946. The Morgan fingerprint density at radius 2 is 0.707 bits per heavy atom. The molecule has 0 radical (unpaired) electrons. The number of anilines is 3. The molecule has 4 heteroatoms. The largest absolute Gasteiger partial charge is 0.311 e. The Balaban J connectivity index is 1.08. The van der Waals surface area contributed by atoms with E-state index >= 15 is 0 Å². The maximum absolute atomic E-state index is 2.68. The van der Waals surface area contributed by atoms with Gasteiger partial charge in [-0.1, -0.05) is 265 Å². The summed E-state index contributed by atoms with van der Waals surface area (Å²) in [6, 6.07) is 98.2. The Kier molecular flexibility index (Phi) is 13.0. The lowest BCUT2D eigenvalue weighted by molar-refractivity contribution is 0.569. The highest BCUT2D eigenvalue weighted by atomic mass is 15.2. The molecule has 2 aliphatic heterocycles. The molecule has 0 fully saturated rings. The highest BCUT2D eigenvalue weighted by Gasteiger charge is 2.42. The fourth-order valence-corrected chi connectivity index (χ4v) is 15.1. The number of nitrogens with zero attached hydrogens (tertiary/aromatic N) is 3. The summed E-state index contributed by atoms with van der Waals surface area (Å²) in [5.41, 5.74) is 26.6. The van der Waals surface area contributed by atoms with Crippen molar-refractivity contribution in [3.05, 3.63) is 277 Å². The van der Waals surface area contributed by atoms with Gasteiger partial charge in [0.05, 0.1) is 22.1 Å². The van der Waals surface area contributed by atoms with Crippen LogP contribution in [0.25, 0.3) is 110 Å². The fraction of sp³-hybridized carbons (Fsp3) is 0.182. The van der Waals surface area contributed by atoms with E-state index in [-0.39, 0.29) is 28.4 Å². The summed E-state index contributed by atoms with van der Waals surface area (Å²) in [6.45, 7) is 27.9. The Labute approximate surface area is 542 Å². The second-order valence-electron chi connectivity index (χ2n) is 30.2. The number of fused-ring (bicyclic) bond motifs is 15. The fourth-order valence-electron chi connectivity index (χ4n) is 15.1. The normalized spacial score (nSPS) is 13.2. The van der Waals surface area contributed by atoms with Crippen molar-refractivity contribution in [2.75, 3.05) is 4.90 Å². The van der Waals surface area contributed by atoms with Gasteiger partial charge in [0.15, 0.2) is 0 Å².